The van der Waals surface area contributed by atoms with Crippen molar-refractivity contribution in [3.63, 3.8) is 0 Å². The van der Waals surface area contributed by atoms with Crippen molar-refractivity contribution in [2.75, 3.05) is 13.1 Å². The van der Waals surface area contributed by atoms with Crippen molar-refractivity contribution in [3.8, 4) is 11.3 Å². The molecule has 1 aliphatic rings. The molecule has 0 radical (unpaired) electrons. The standard InChI is InChI=1S/C22H24N2O3S/c1-16-7-6-8-17(13-16)22-20(15-25)19-14-18(9-10-21(19)23-22)28(26,27)24-11-4-2-3-5-12-24/h6-10,13-15,23H,2-5,11-12H2,1H3. The third-order valence-electron chi connectivity index (χ3n) is 5.44. The van der Waals surface area contributed by atoms with E-state index in [1.54, 1.807) is 22.5 Å². The van der Waals surface area contributed by atoms with Crippen molar-refractivity contribution in [1.29, 1.82) is 0 Å². The van der Waals surface area contributed by atoms with Gasteiger partial charge in [-0.3, -0.25) is 4.79 Å². The molecule has 3 aromatic rings. The molecule has 0 unspecified atom stereocenters. The predicted octanol–water partition coefficient (Wildman–Crippen LogP) is 4.52. The molecule has 1 fully saturated rings. The maximum atomic E-state index is 13.1. The Labute approximate surface area is 165 Å². The first-order valence-electron chi connectivity index (χ1n) is 9.69. The summed E-state index contributed by atoms with van der Waals surface area (Å²) in [5, 5.41) is 0.641. The molecule has 28 heavy (non-hydrogen) atoms. The van der Waals surface area contributed by atoms with Crippen LogP contribution in [0.2, 0.25) is 0 Å². The summed E-state index contributed by atoms with van der Waals surface area (Å²) in [6, 6.07) is 12.9. The molecule has 1 aliphatic heterocycles. The Balaban J connectivity index is 1.82. The van der Waals surface area contributed by atoms with Crippen LogP contribution in [-0.2, 0) is 10.0 Å². The Morgan fingerprint density at radius 1 is 1.00 bits per heavy atom. The zero-order valence-corrected chi connectivity index (χ0v) is 16.8. The number of aryl methyl sites for hydroxylation is 1. The minimum absolute atomic E-state index is 0.250. The number of hydrogen-bond donors (Lipinski definition) is 1. The van der Waals surface area contributed by atoms with Crippen LogP contribution in [0.4, 0.5) is 0 Å². The summed E-state index contributed by atoms with van der Waals surface area (Å²) in [7, 11) is -3.56. The molecule has 6 heteroatoms. The lowest BCUT2D eigenvalue weighted by Crippen LogP contribution is -2.31. The highest BCUT2D eigenvalue weighted by atomic mass is 32.2. The van der Waals surface area contributed by atoms with Crippen molar-refractivity contribution in [1.82, 2.24) is 9.29 Å². The maximum absolute atomic E-state index is 13.1. The third kappa shape index (κ3) is 3.38. The SMILES string of the molecule is Cc1cccc(-c2[nH]c3ccc(S(=O)(=O)N4CCCCCC4)cc3c2C=O)c1. The monoisotopic (exact) mass is 396 g/mol. The van der Waals surface area contributed by atoms with Crippen molar-refractivity contribution in [2.24, 2.45) is 0 Å². The summed E-state index contributed by atoms with van der Waals surface area (Å²) in [6.45, 7) is 3.11. The van der Waals surface area contributed by atoms with Crippen LogP contribution in [0, 0.1) is 6.92 Å². The summed E-state index contributed by atoms with van der Waals surface area (Å²) < 4.78 is 27.8. The molecule has 0 aliphatic carbocycles. The largest absolute Gasteiger partial charge is 0.354 e. The number of carbonyl (C=O) groups is 1. The molecule has 1 saturated heterocycles. The normalized spacial score (nSPS) is 16.2. The van der Waals surface area contributed by atoms with Gasteiger partial charge in [-0.15, -0.1) is 0 Å². The van der Waals surface area contributed by atoms with E-state index in [0.717, 1.165) is 54.3 Å². The number of aldehydes is 1. The maximum Gasteiger partial charge on any atom is 0.243 e. The van der Waals surface area contributed by atoms with Crippen LogP contribution in [0.25, 0.3) is 22.2 Å². The van der Waals surface area contributed by atoms with Gasteiger partial charge in [-0.2, -0.15) is 4.31 Å². The van der Waals surface area contributed by atoms with E-state index in [9.17, 15) is 13.2 Å². The molecule has 4 rings (SSSR count). The molecular formula is C22H24N2O3S. The van der Waals surface area contributed by atoms with E-state index in [2.05, 4.69) is 4.98 Å². The van der Waals surface area contributed by atoms with E-state index >= 15 is 0 Å². The van der Waals surface area contributed by atoms with Gasteiger partial charge < -0.3 is 4.98 Å². The van der Waals surface area contributed by atoms with Gasteiger partial charge in [-0.1, -0.05) is 36.6 Å². The van der Waals surface area contributed by atoms with E-state index in [-0.39, 0.29) is 4.90 Å². The van der Waals surface area contributed by atoms with Crippen molar-refractivity contribution >= 4 is 27.2 Å². The van der Waals surface area contributed by atoms with Gasteiger partial charge in [0.05, 0.1) is 10.6 Å². The molecule has 0 bridgehead atoms. The van der Waals surface area contributed by atoms with E-state index < -0.39 is 10.0 Å². The minimum atomic E-state index is -3.56. The molecule has 0 amide bonds. The zero-order chi connectivity index (χ0) is 19.7. The summed E-state index contributed by atoms with van der Waals surface area (Å²) in [4.78, 5) is 15.4. The predicted molar refractivity (Wildman–Crippen MR) is 111 cm³/mol. The number of fused-ring (bicyclic) bond motifs is 1. The van der Waals surface area contributed by atoms with Crippen LogP contribution < -0.4 is 0 Å². The fraction of sp³-hybridized carbons (Fsp3) is 0.318. The van der Waals surface area contributed by atoms with Crippen molar-refractivity contribution in [3.05, 3.63) is 53.6 Å². The number of nitrogens with zero attached hydrogens (tertiary/aromatic N) is 1. The van der Waals surface area contributed by atoms with Gasteiger partial charge in [0.15, 0.2) is 6.29 Å². The first kappa shape index (κ1) is 18.9. The average molecular weight is 397 g/mol. The molecule has 0 spiro atoms. The van der Waals surface area contributed by atoms with Gasteiger partial charge in [0.25, 0.3) is 0 Å². The molecule has 2 aromatic carbocycles. The van der Waals surface area contributed by atoms with E-state index in [0.29, 0.717) is 24.0 Å². The van der Waals surface area contributed by atoms with Crippen LogP contribution in [0.1, 0.15) is 41.6 Å². The van der Waals surface area contributed by atoms with Crippen LogP contribution in [0.3, 0.4) is 0 Å². The fourth-order valence-electron chi connectivity index (χ4n) is 3.93. The highest BCUT2D eigenvalue weighted by molar-refractivity contribution is 7.89. The Morgan fingerprint density at radius 3 is 2.43 bits per heavy atom. The number of sulfonamides is 1. The second-order valence-corrected chi connectivity index (χ2v) is 9.36. The topological polar surface area (TPSA) is 70.2 Å². The highest BCUT2D eigenvalue weighted by Gasteiger charge is 2.26. The van der Waals surface area contributed by atoms with Gasteiger partial charge >= 0.3 is 0 Å². The van der Waals surface area contributed by atoms with Crippen molar-refractivity contribution < 1.29 is 13.2 Å². The molecule has 1 aromatic heterocycles. The van der Waals surface area contributed by atoms with Crippen LogP contribution in [0.5, 0.6) is 0 Å². The summed E-state index contributed by atoms with van der Waals surface area (Å²) in [5.41, 5.74) is 3.98. The molecule has 146 valence electrons. The lowest BCUT2D eigenvalue weighted by Gasteiger charge is -2.20. The lowest BCUT2D eigenvalue weighted by atomic mass is 10.0. The van der Waals surface area contributed by atoms with Crippen molar-refractivity contribution in [2.45, 2.75) is 37.5 Å². The number of benzene rings is 2. The number of carbonyl (C=O) groups excluding carboxylic acids is 1. The molecule has 0 atom stereocenters. The van der Waals surface area contributed by atoms with Gasteiger partial charge in [-0.25, -0.2) is 8.42 Å². The average Bonchev–Trinajstić information content (AvgIpc) is 2.85. The van der Waals surface area contributed by atoms with Crippen LogP contribution in [0.15, 0.2) is 47.4 Å². The Morgan fingerprint density at radius 2 is 1.75 bits per heavy atom. The fourth-order valence-corrected chi connectivity index (χ4v) is 5.48. The minimum Gasteiger partial charge on any atom is -0.354 e. The number of rotatable bonds is 4. The molecule has 0 saturated carbocycles. The first-order chi connectivity index (χ1) is 13.5. The highest BCUT2D eigenvalue weighted by Crippen LogP contribution is 2.32. The Hall–Kier alpha value is -2.44. The number of H-pyrrole nitrogens is 1. The first-order valence-corrected chi connectivity index (χ1v) is 11.1. The van der Waals surface area contributed by atoms with Gasteiger partial charge in [0, 0.05) is 29.6 Å². The number of aromatic amines is 1. The smallest absolute Gasteiger partial charge is 0.243 e. The van der Waals surface area contributed by atoms with E-state index in [1.165, 1.54) is 0 Å². The quantitative estimate of drug-likeness (QED) is 0.659. The summed E-state index contributed by atoms with van der Waals surface area (Å²) in [5.74, 6) is 0. The second kappa shape index (κ2) is 7.53. The van der Waals surface area contributed by atoms with Crippen LogP contribution >= 0.6 is 0 Å². The molecule has 1 N–H and O–H groups in total. The zero-order valence-electron chi connectivity index (χ0n) is 15.9. The van der Waals surface area contributed by atoms with Crippen LogP contribution in [-0.4, -0.2) is 37.1 Å². The van der Waals surface area contributed by atoms with E-state index in [1.807, 2.05) is 31.2 Å². The molecule has 2 heterocycles. The molecular weight excluding hydrogens is 372 g/mol. The number of aromatic nitrogens is 1. The van der Waals surface area contributed by atoms with Gasteiger partial charge in [0.1, 0.15) is 0 Å². The Bertz CT molecular complexity index is 1120. The third-order valence-corrected chi connectivity index (χ3v) is 7.33. The summed E-state index contributed by atoms with van der Waals surface area (Å²) >= 11 is 0. The second-order valence-electron chi connectivity index (χ2n) is 7.43. The number of nitrogens with one attached hydrogen (secondary N) is 1. The Kier molecular flexibility index (Phi) is 5.08. The van der Waals surface area contributed by atoms with Gasteiger partial charge in [-0.05, 0) is 49.6 Å². The number of hydrogen-bond acceptors (Lipinski definition) is 3. The van der Waals surface area contributed by atoms with E-state index in [4.69, 9.17) is 0 Å². The van der Waals surface area contributed by atoms with Gasteiger partial charge in [0.2, 0.25) is 10.0 Å². The summed E-state index contributed by atoms with van der Waals surface area (Å²) in [6.07, 6.45) is 4.72. The molecule has 5 nitrogen and oxygen atoms in total. The lowest BCUT2D eigenvalue weighted by molar-refractivity contribution is 0.112.